The van der Waals surface area contributed by atoms with Crippen molar-refractivity contribution >= 4 is 47.4 Å². The van der Waals surface area contributed by atoms with Crippen molar-refractivity contribution in [2.24, 2.45) is 21.5 Å². The lowest BCUT2D eigenvalue weighted by Gasteiger charge is -2.24. The number of ketones is 2. The number of amides is 4. The number of carbonyl (C=O) groups excluding carboxylic acids is 6. The topological polar surface area (TPSA) is 278 Å². The van der Waals surface area contributed by atoms with Crippen molar-refractivity contribution in [3.8, 4) is 0 Å². The van der Waals surface area contributed by atoms with E-state index in [1.807, 2.05) is 0 Å². The van der Waals surface area contributed by atoms with Crippen LogP contribution < -0.4 is 27.4 Å². The molecule has 0 saturated heterocycles. The van der Waals surface area contributed by atoms with Crippen LogP contribution in [0.1, 0.15) is 108 Å². The number of alkyl carbamates (subject to hydrolysis) is 1. The van der Waals surface area contributed by atoms with E-state index in [0.29, 0.717) is 0 Å². The summed E-state index contributed by atoms with van der Waals surface area (Å²) in [5.41, 5.74) is 8.49. The second kappa shape index (κ2) is 30.0. The van der Waals surface area contributed by atoms with Crippen LogP contribution in [0.3, 0.4) is 0 Å². The Labute approximate surface area is 422 Å². The molecule has 0 spiro atoms. The summed E-state index contributed by atoms with van der Waals surface area (Å²) in [6.07, 6.45) is -28.8. The summed E-state index contributed by atoms with van der Waals surface area (Å²) in [6, 6.07) is 2.50. The van der Waals surface area contributed by atoms with Crippen LogP contribution in [-0.2, 0) is 28.5 Å². The van der Waals surface area contributed by atoms with E-state index in [1.54, 1.807) is 41.5 Å². The number of unbranched alkanes of at least 4 members (excludes halogenated alkanes) is 1. The van der Waals surface area contributed by atoms with Gasteiger partial charge in [0.25, 0.3) is 11.8 Å². The maximum atomic E-state index is 12.9. The first-order chi connectivity index (χ1) is 33.8. The average molecular weight is 1100 g/mol. The van der Waals surface area contributed by atoms with Crippen LogP contribution in [0.15, 0.2) is 59.0 Å². The number of halogens is 12. The standard InChI is InChI=1S/C27H36F6N4O7.C16H19F6N5O3.CH4/c1-24(2,3)43-22(40)36-19(37-23(41)44-25(4,5)6)12-8-7-11-17(35-20(39)16-10-9-13-34-14-16)18(38)15-42-21(26(28,29)30)27(31,32)33;17-15(18,19)13(16(20,21)22)30-8-11(28)10(4-2-6-26-14(23)24)27-12(29)9-3-1-5-25-7-9;/h9-10,13-14,17,21H,7-8,11-12,15H2,1-6H3,(H,35,39)(H,36,37,40,41);1,3,5,7,10,13H,2,4,6,8H2,(H,27,29)(H4,23,24,26);1H4/t17-;10-;/m00./s1. The van der Waals surface area contributed by atoms with Gasteiger partial charge in [-0.25, -0.2) is 9.59 Å². The smallest absolute Gasteiger partial charge is 0.435 e. The molecule has 424 valence electrons. The van der Waals surface area contributed by atoms with Crippen molar-refractivity contribution in [1.29, 1.82) is 0 Å². The maximum Gasteiger partial charge on any atom is 0.435 e. The molecule has 2 aromatic rings. The van der Waals surface area contributed by atoms with Gasteiger partial charge in [-0.05, 0) is 91.5 Å². The molecular formula is C44H59F12N9O10. The zero-order valence-electron chi connectivity index (χ0n) is 40.4. The fourth-order valence-electron chi connectivity index (χ4n) is 5.49. The third kappa shape index (κ3) is 29.1. The van der Waals surface area contributed by atoms with Crippen molar-refractivity contribution < 1.29 is 100 Å². The van der Waals surface area contributed by atoms with Gasteiger partial charge in [0.15, 0.2) is 17.5 Å². The minimum absolute atomic E-state index is 0. The zero-order valence-corrected chi connectivity index (χ0v) is 40.4. The van der Waals surface area contributed by atoms with E-state index in [-0.39, 0.29) is 75.4 Å². The van der Waals surface area contributed by atoms with Crippen LogP contribution in [0.25, 0.3) is 0 Å². The summed E-state index contributed by atoms with van der Waals surface area (Å²) in [5, 5.41) is 6.84. The van der Waals surface area contributed by atoms with E-state index in [9.17, 15) is 81.5 Å². The van der Waals surface area contributed by atoms with Crippen molar-refractivity contribution in [3.05, 3.63) is 60.2 Å². The number of Topliss-reactive ketones (excluding diaryl/α,β-unsaturated/α-hetero) is 2. The van der Waals surface area contributed by atoms with Crippen LogP contribution in [0.4, 0.5) is 62.3 Å². The van der Waals surface area contributed by atoms with Crippen molar-refractivity contribution in [2.45, 2.75) is 148 Å². The minimum Gasteiger partial charge on any atom is -0.444 e. The van der Waals surface area contributed by atoms with Gasteiger partial charge in [-0.1, -0.05) is 13.8 Å². The lowest BCUT2D eigenvalue weighted by atomic mass is 10.0. The number of ether oxygens (including phenoxy) is 4. The Morgan fingerprint density at radius 2 is 1.01 bits per heavy atom. The molecule has 0 fully saturated rings. The quantitative estimate of drug-likeness (QED) is 0.0348. The van der Waals surface area contributed by atoms with Gasteiger partial charge < -0.3 is 41.0 Å². The van der Waals surface area contributed by atoms with Crippen LogP contribution in [0.5, 0.6) is 0 Å². The van der Waals surface area contributed by atoms with E-state index < -0.39 is 109 Å². The molecule has 0 aromatic carbocycles. The number of nitrogens with one attached hydrogen (secondary N) is 3. The number of carbonyl (C=O) groups is 6. The Kier molecular flexibility index (Phi) is 27.4. The Balaban J connectivity index is 0.00000154. The van der Waals surface area contributed by atoms with E-state index in [1.165, 1.54) is 36.7 Å². The molecule has 4 amide bonds. The molecule has 2 atom stereocenters. The minimum atomic E-state index is -5.84. The third-order valence-corrected chi connectivity index (χ3v) is 8.58. The lowest BCUT2D eigenvalue weighted by molar-refractivity contribution is -0.320. The second-order valence-corrected chi connectivity index (χ2v) is 17.4. The van der Waals surface area contributed by atoms with Gasteiger partial charge in [-0.3, -0.25) is 39.5 Å². The van der Waals surface area contributed by atoms with Crippen LogP contribution >= 0.6 is 0 Å². The Morgan fingerprint density at radius 3 is 1.36 bits per heavy atom. The number of hydrogen-bond donors (Lipinski definition) is 5. The predicted octanol–water partition coefficient (Wildman–Crippen LogP) is 7.63. The molecule has 0 aliphatic rings. The molecule has 2 rings (SSSR count). The first-order valence-corrected chi connectivity index (χ1v) is 21.6. The number of aromatic nitrogens is 2. The van der Waals surface area contributed by atoms with E-state index in [2.05, 4.69) is 45.4 Å². The molecule has 0 aliphatic heterocycles. The van der Waals surface area contributed by atoms with Crippen molar-refractivity contribution in [1.82, 2.24) is 25.9 Å². The Morgan fingerprint density at radius 1 is 0.613 bits per heavy atom. The second-order valence-electron chi connectivity index (χ2n) is 17.4. The van der Waals surface area contributed by atoms with Gasteiger partial charge in [0.2, 0.25) is 12.2 Å². The summed E-state index contributed by atoms with van der Waals surface area (Å²) >= 11 is 0. The highest BCUT2D eigenvalue weighted by Gasteiger charge is 2.59. The SMILES string of the molecule is C.CC(C)(C)OC(=O)N=C(CCCC[C@H](NC(=O)c1cccnc1)C(=O)COC(C(F)(F)F)C(F)(F)F)NC(=O)OC(C)(C)C.NC(N)=NCCC[C@H](NC(=O)c1cccnc1)C(=O)COC(C(F)(F)F)C(F)(F)F. The maximum absolute atomic E-state index is 12.9. The summed E-state index contributed by atoms with van der Waals surface area (Å²) in [6.45, 7) is 6.46. The highest BCUT2D eigenvalue weighted by Crippen LogP contribution is 2.37. The van der Waals surface area contributed by atoms with Crippen LogP contribution in [0.2, 0.25) is 0 Å². The molecule has 75 heavy (non-hydrogen) atoms. The number of amidine groups is 1. The number of aliphatic imine (C=N–C) groups is 2. The lowest BCUT2D eigenvalue weighted by Crippen LogP contribution is -2.48. The number of hydrogen-bond acceptors (Lipinski definition) is 13. The average Bonchev–Trinajstić information content (AvgIpc) is 3.23. The molecule has 31 heteroatoms. The number of guanidine groups is 1. The van der Waals surface area contributed by atoms with Gasteiger partial charge in [-0.15, -0.1) is 0 Å². The number of nitrogens with two attached hydrogens (primary N) is 2. The first kappa shape index (κ1) is 68.3. The van der Waals surface area contributed by atoms with E-state index >= 15 is 0 Å². The highest BCUT2D eigenvalue weighted by molar-refractivity contribution is 6.00. The van der Waals surface area contributed by atoms with Crippen molar-refractivity contribution in [3.63, 3.8) is 0 Å². The van der Waals surface area contributed by atoms with Crippen LogP contribution in [0, 0.1) is 0 Å². The number of alkyl halides is 12. The van der Waals surface area contributed by atoms with E-state index in [4.69, 9.17) is 20.9 Å². The summed E-state index contributed by atoms with van der Waals surface area (Å²) in [5.74, 6) is -4.52. The molecule has 0 radical (unpaired) electrons. The predicted molar refractivity (Wildman–Crippen MR) is 243 cm³/mol. The molecular weight excluding hydrogens is 1040 g/mol. The molecule has 2 aromatic heterocycles. The Bertz CT molecular complexity index is 2170. The first-order valence-electron chi connectivity index (χ1n) is 21.6. The third-order valence-electron chi connectivity index (χ3n) is 8.58. The fourth-order valence-corrected chi connectivity index (χ4v) is 5.49. The molecule has 0 aliphatic carbocycles. The monoisotopic (exact) mass is 1100 g/mol. The van der Waals surface area contributed by atoms with Crippen LogP contribution in [-0.4, -0.2) is 137 Å². The van der Waals surface area contributed by atoms with Gasteiger partial charge in [0.05, 0.1) is 23.2 Å². The number of rotatable bonds is 21. The molecule has 19 nitrogen and oxygen atoms in total. The summed E-state index contributed by atoms with van der Waals surface area (Å²) in [7, 11) is 0. The molecule has 2 heterocycles. The van der Waals surface area contributed by atoms with Gasteiger partial charge in [-0.2, -0.15) is 57.7 Å². The van der Waals surface area contributed by atoms with E-state index in [0.717, 1.165) is 12.4 Å². The van der Waals surface area contributed by atoms with Gasteiger partial charge in [0.1, 0.15) is 30.3 Å². The molecule has 0 saturated carbocycles. The highest BCUT2D eigenvalue weighted by atomic mass is 19.4. The molecule has 0 unspecified atom stereocenters. The zero-order chi connectivity index (χ0) is 56.9. The Hall–Kier alpha value is -6.66. The fraction of sp³-hybridized carbons (Fsp3) is 0.591. The molecule has 0 bridgehead atoms. The normalized spacial score (nSPS) is 13.3. The number of nitrogens with zero attached hydrogens (tertiary/aromatic N) is 4. The van der Waals surface area contributed by atoms with Crippen molar-refractivity contribution in [2.75, 3.05) is 19.8 Å². The summed E-state index contributed by atoms with van der Waals surface area (Å²) < 4.78 is 171. The summed E-state index contributed by atoms with van der Waals surface area (Å²) in [4.78, 5) is 89.0. The number of pyridine rings is 2. The molecule has 7 N–H and O–H groups in total. The van der Waals surface area contributed by atoms with Gasteiger partial charge in [0, 0.05) is 37.8 Å². The van der Waals surface area contributed by atoms with Gasteiger partial charge >= 0.3 is 36.9 Å². The largest absolute Gasteiger partial charge is 0.444 e.